The monoisotopic (exact) mass is 636 g/mol. The van der Waals surface area contributed by atoms with E-state index >= 15 is 0 Å². The molecular weight excluding hydrogens is 627 g/mol. The van der Waals surface area contributed by atoms with Gasteiger partial charge in [-0.1, -0.05) is 0 Å². The van der Waals surface area contributed by atoms with E-state index in [0.717, 1.165) is 12.1 Å². The third-order valence-corrected chi connectivity index (χ3v) is 7.23. The zero-order chi connectivity index (χ0) is 34.4. The molecule has 16 heteroatoms. The third-order valence-electron chi connectivity index (χ3n) is 7.23. The summed E-state index contributed by atoms with van der Waals surface area (Å²) in [5, 5.41) is 29.7. The normalized spacial score (nSPS) is 14.1. The number of benzene rings is 3. The van der Waals surface area contributed by atoms with E-state index in [9.17, 15) is 20.2 Å². The molecule has 0 aliphatic carbocycles. The molecule has 0 bridgehead atoms. The van der Waals surface area contributed by atoms with Gasteiger partial charge in [-0.3, -0.25) is 0 Å². The number of allylic oxidation sites excluding steroid dienone is 2. The lowest BCUT2D eigenvalue weighted by molar-refractivity contribution is 0.612. The molecule has 15 nitrogen and oxygen atoms in total. The molecule has 0 fully saturated rings. The van der Waals surface area contributed by atoms with Crippen molar-refractivity contribution in [2.75, 3.05) is 0 Å². The minimum absolute atomic E-state index is 0.00771. The second-order valence-corrected chi connectivity index (χ2v) is 10.0. The molecule has 5 aromatic rings. The number of nitrogens with zero attached hydrogens (tertiary/aromatic N) is 14. The second kappa shape index (κ2) is 11.2. The zero-order valence-corrected chi connectivity index (χ0v) is 24.5. The molecule has 224 valence electrons. The smallest absolute Gasteiger partial charge is 0.305 e. The first kappa shape index (κ1) is 29.4. The minimum Gasteiger partial charge on any atom is -0.434 e. The van der Waals surface area contributed by atoms with E-state index in [0.29, 0.717) is 0 Å². The molecule has 49 heavy (non-hydrogen) atoms. The van der Waals surface area contributed by atoms with Crippen molar-refractivity contribution in [3.63, 3.8) is 0 Å². The van der Waals surface area contributed by atoms with Gasteiger partial charge in [0.05, 0.1) is 64.6 Å². The molecule has 0 radical (unpaired) electrons. The molecular formula is C33H9FN14O. The van der Waals surface area contributed by atoms with Crippen LogP contribution in [0.3, 0.4) is 0 Å². The molecule has 3 aromatic carbocycles. The lowest BCUT2D eigenvalue weighted by Gasteiger charge is -2.08. The molecule has 0 saturated heterocycles. The molecule has 2 aliphatic heterocycles. The first-order valence-corrected chi connectivity index (χ1v) is 13.7. The summed E-state index contributed by atoms with van der Waals surface area (Å²) in [5.41, 5.74) is 0.681. The molecule has 0 saturated carbocycles. The Morgan fingerprint density at radius 2 is 1.55 bits per heavy atom. The van der Waals surface area contributed by atoms with E-state index in [-0.39, 0.29) is 107 Å². The summed E-state index contributed by atoms with van der Waals surface area (Å²) in [6, 6.07) is 13.8. The van der Waals surface area contributed by atoms with Gasteiger partial charge >= 0.3 is 5.70 Å². The first-order chi connectivity index (χ1) is 23.8. The molecule has 4 heterocycles. The highest BCUT2D eigenvalue weighted by molar-refractivity contribution is 5.83. The summed E-state index contributed by atoms with van der Waals surface area (Å²) in [5.74, 6) is -0.944. The summed E-state index contributed by atoms with van der Waals surface area (Å²) >= 11 is 0. The van der Waals surface area contributed by atoms with Gasteiger partial charge in [0.15, 0.2) is 28.9 Å². The number of hydrogen-bond acceptors (Lipinski definition) is 12. The largest absolute Gasteiger partial charge is 0.434 e. The van der Waals surface area contributed by atoms with Crippen LogP contribution < -0.4 is 21.4 Å². The lowest BCUT2D eigenvalue weighted by Crippen LogP contribution is -2.25. The van der Waals surface area contributed by atoms with Crippen LogP contribution in [0, 0.1) is 59.5 Å². The van der Waals surface area contributed by atoms with Crippen molar-refractivity contribution in [2.45, 2.75) is 6.92 Å². The van der Waals surface area contributed by atoms with Gasteiger partial charge in [-0.15, -0.1) is 0 Å². The fourth-order valence-electron chi connectivity index (χ4n) is 4.93. The lowest BCUT2D eigenvalue weighted by atomic mass is 10.1. The molecule has 7 rings (SSSR count). The fraction of sp³-hybridized carbons (Fsp3) is 0.0303. The summed E-state index contributed by atoms with van der Waals surface area (Å²) in [4.78, 5) is 45.3. The number of oxazole rings is 1. The van der Waals surface area contributed by atoms with Crippen LogP contribution in [-0.4, -0.2) is 19.9 Å². The van der Waals surface area contributed by atoms with E-state index in [2.05, 4.69) is 60.5 Å². The third kappa shape index (κ3) is 4.77. The Morgan fingerprint density at radius 3 is 2.27 bits per heavy atom. The number of fused-ring (bicyclic) bond motifs is 3. The average Bonchev–Trinajstić information content (AvgIpc) is 3.86. The Morgan fingerprint density at radius 1 is 0.796 bits per heavy atom. The molecule has 0 N–H and O–H groups in total. The molecule has 2 aliphatic rings. The summed E-state index contributed by atoms with van der Waals surface area (Å²) in [7, 11) is 0. The highest BCUT2D eigenvalue weighted by Crippen LogP contribution is 2.31. The maximum absolute atomic E-state index is 14.2. The summed E-state index contributed by atoms with van der Waals surface area (Å²) in [6.07, 6.45) is 0. The van der Waals surface area contributed by atoms with Gasteiger partial charge < -0.3 is 4.42 Å². The SMILES string of the molecule is [C-]#[N+]/C(C#N)=C1\N=c2ccc(-c3nc(/C(C)=C4/N=c5cc(F)cc([N+]#[C-])c5=N4)nc(-c4nc5cc([N+]#[C-])c(C#N)cc5o4)n3)c(C#N)c2=N1. The number of aromatic nitrogens is 4. The zero-order valence-electron chi connectivity index (χ0n) is 24.5. The van der Waals surface area contributed by atoms with E-state index < -0.39 is 5.82 Å². The van der Waals surface area contributed by atoms with Crippen LogP contribution in [0.25, 0.3) is 54.3 Å². The summed E-state index contributed by atoms with van der Waals surface area (Å²) in [6.45, 7) is 23.7. The predicted molar refractivity (Wildman–Crippen MR) is 163 cm³/mol. The predicted octanol–water partition coefficient (Wildman–Crippen LogP) is 3.84. The molecule has 0 unspecified atom stereocenters. The van der Waals surface area contributed by atoms with Crippen LogP contribution in [0.5, 0.6) is 0 Å². The van der Waals surface area contributed by atoms with Crippen LogP contribution in [0.1, 0.15) is 23.9 Å². The van der Waals surface area contributed by atoms with Crippen LogP contribution in [0.4, 0.5) is 15.8 Å². The van der Waals surface area contributed by atoms with Crippen molar-refractivity contribution in [1.82, 2.24) is 19.9 Å². The molecule has 0 spiro atoms. The number of rotatable bonds is 3. The minimum atomic E-state index is -0.654. The standard InChI is InChI=1S/C33H9FN14O/c1-14(28-42-23-9-16(34)8-22(39-3)27(23)45-28)29-46-30(17-5-6-19-26(18(17)12-36)44-31(41-19)24(13-37)40-4)48-32(47-29)33-43-21-10-20(38-2)15(11-35)7-25(21)49-33/h5-10H,1H3/b28-14-,31-24+. The maximum atomic E-state index is 14.2. The van der Waals surface area contributed by atoms with E-state index in [1.54, 1.807) is 13.0 Å². The topological polar surface area (TPSA) is 199 Å². The van der Waals surface area contributed by atoms with Crippen LogP contribution in [0.15, 0.2) is 78.1 Å². The van der Waals surface area contributed by atoms with Crippen molar-refractivity contribution >= 4 is 28.0 Å². The Bertz CT molecular complexity index is 2920. The number of nitriles is 3. The average molecular weight is 637 g/mol. The Kier molecular flexibility index (Phi) is 6.75. The van der Waals surface area contributed by atoms with Crippen molar-refractivity contribution < 1.29 is 8.81 Å². The Balaban J connectivity index is 1.49. The van der Waals surface area contributed by atoms with Gasteiger partial charge in [0, 0.05) is 11.1 Å². The fourth-order valence-corrected chi connectivity index (χ4v) is 4.93. The number of hydrogen-bond donors (Lipinski definition) is 0. The van der Waals surface area contributed by atoms with E-state index in [1.807, 2.05) is 6.07 Å². The second-order valence-electron chi connectivity index (χ2n) is 10.0. The van der Waals surface area contributed by atoms with E-state index in [1.165, 1.54) is 24.3 Å². The maximum Gasteiger partial charge on any atom is 0.305 e. The van der Waals surface area contributed by atoms with Crippen molar-refractivity contribution in [1.29, 1.82) is 15.8 Å². The first-order valence-electron chi connectivity index (χ1n) is 13.7. The van der Waals surface area contributed by atoms with Crippen LogP contribution >= 0.6 is 0 Å². The Labute approximate surface area is 272 Å². The van der Waals surface area contributed by atoms with Gasteiger partial charge in [-0.25, -0.2) is 64.1 Å². The van der Waals surface area contributed by atoms with Crippen molar-refractivity contribution in [2.24, 2.45) is 20.0 Å². The molecule has 0 atom stereocenters. The van der Waals surface area contributed by atoms with Gasteiger partial charge in [-0.2, -0.15) is 10.5 Å². The molecule has 2 aromatic heterocycles. The van der Waals surface area contributed by atoms with Gasteiger partial charge in [-0.05, 0) is 43.3 Å². The highest BCUT2D eigenvalue weighted by atomic mass is 19.1. The molecule has 0 amide bonds. The van der Waals surface area contributed by atoms with Crippen LogP contribution in [-0.2, 0) is 0 Å². The van der Waals surface area contributed by atoms with Crippen LogP contribution in [0.2, 0.25) is 0 Å². The van der Waals surface area contributed by atoms with Gasteiger partial charge in [0.2, 0.25) is 17.2 Å². The highest BCUT2D eigenvalue weighted by Gasteiger charge is 2.23. The summed E-state index contributed by atoms with van der Waals surface area (Å²) < 4.78 is 20.1. The van der Waals surface area contributed by atoms with Crippen molar-refractivity contribution in [3.05, 3.63) is 132 Å². The quantitative estimate of drug-likeness (QED) is 0.210. The van der Waals surface area contributed by atoms with Crippen molar-refractivity contribution in [3.8, 4) is 41.3 Å². The van der Waals surface area contributed by atoms with E-state index in [4.69, 9.17) is 24.1 Å². The van der Waals surface area contributed by atoms with Gasteiger partial charge in [0.25, 0.3) is 5.89 Å². The van der Waals surface area contributed by atoms with Gasteiger partial charge in [0.1, 0.15) is 17.2 Å². The number of halogens is 1. The Hall–Kier alpha value is -8.31.